The average Bonchev–Trinajstić information content (AvgIpc) is 3.09. The topological polar surface area (TPSA) is 58.4 Å². The van der Waals surface area contributed by atoms with Gasteiger partial charge in [-0.15, -0.1) is 0 Å². The van der Waals surface area contributed by atoms with Crippen LogP contribution >= 0.6 is 11.8 Å². The number of nitrogens with zero attached hydrogens (tertiary/aromatic N) is 4. The molecule has 2 aliphatic heterocycles. The van der Waals surface area contributed by atoms with E-state index >= 15 is 0 Å². The van der Waals surface area contributed by atoms with Crippen molar-refractivity contribution in [2.75, 3.05) is 31.9 Å². The van der Waals surface area contributed by atoms with Crippen LogP contribution in [0, 0.1) is 11.8 Å². The summed E-state index contributed by atoms with van der Waals surface area (Å²) in [6.07, 6.45) is 4.58. The van der Waals surface area contributed by atoms with Gasteiger partial charge in [-0.25, -0.2) is 4.98 Å². The number of hydrogen-bond acceptors (Lipinski definition) is 4. The first-order chi connectivity index (χ1) is 14.5. The van der Waals surface area contributed by atoms with Crippen molar-refractivity contribution >= 4 is 34.6 Å². The van der Waals surface area contributed by atoms with E-state index in [0.29, 0.717) is 17.6 Å². The maximum Gasteiger partial charge on any atom is 0.242 e. The lowest BCUT2D eigenvalue weighted by molar-refractivity contribution is -0.134. The molecule has 0 spiro atoms. The molecule has 2 aromatic rings. The van der Waals surface area contributed by atoms with Gasteiger partial charge in [0.1, 0.15) is 6.54 Å². The lowest BCUT2D eigenvalue weighted by atomic mass is 9.92. The molecule has 7 heteroatoms. The molecule has 2 atom stereocenters. The predicted molar refractivity (Wildman–Crippen MR) is 120 cm³/mol. The van der Waals surface area contributed by atoms with Crippen molar-refractivity contribution in [2.24, 2.45) is 11.8 Å². The Balaban J connectivity index is 1.50. The Morgan fingerprint density at radius 2 is 1.70 bits per heavy atom. The molecule has 0 saturated carbocycles. The van der Waals surface area contributed by atoms with Gasteiger partial charge in [-0.05, 0) is 49.7 Å². The number of hydrogen-bond donors (Lipinski definition) is 0. The summed E-state index contributed by atoms with van der Waals surface area (Å²) < 4.78 is 2.00. The second-order valence-corrected chi connectivity index (χ2v) is 9.89. The monoisotopic (exact) mass is 428 g/mol. The van der Waals surface area contributed by atoms with Crippen molar-refractivity contribution in [3.63, 3.8) is 0 Å². The van der Waals surface area contributed by atoms with Crippen LogP contribution < -0.4 is 0 Å². The number of amides is 2. The number of rotatable bonds is 5. The second-order valence-electron chi connectivity index (χ2n) is 8.94. The Morgan fingerprint density at radius 3 is 2.43 bits per heavy atom. The lowest BCUT2D eigenvalue weighted by Crippen LogP contribution is -2.44. The van der Waals surface area contributed by atoms with Gasteiger partial charge in [-0.1, -0.05) is 37.7 Å². The summed E-state index contributed by atoms with van der Waals surface area (Å²) in [4.78, 5) is 34.5. The highest BCUT2D eigenvalue weighted by Crippen LogP contribution is 2.26. The fraction of sp³-hybridized carbons (Fsp3) is 0.609. The van der Waals surface area contributed by atoms with Gasteiger partial charge in [-0.2, -0.15) is 0 Å². The Labute approximate surface area is 183 Å². The van der Waals surface area contributed by atoms with E-state index in [-0.39, 0.29) is 18.4 Å². The summed E-state index contributed by atoms with van der Waals surface area (Å²) in [6.45, 7) is 8.09. The minimum Gasteiger partial charge on any atom is -0.342 e. The molecule has 0 aliphatic carbocycles. The van der Waals surface area contributed by atoms with Crippen LogP contribution in [0.3, 0.4) is 0 Å². The summed E-state index contributed by atoms with van der Waals surface area (Å²) in [5.74, 6) is 1.75. The first kappa shape index (κ1) is 21.2. The number of carbonyl (C=O) groups is 2. The van der Waals surface area contributed by atoms with E-state index in [4.69, 9.17) is 4.98 Å². The normalized spacial score (nSPS) is 22.5. The molecule has 162 valence electrons. The molecule has 2 amide bonds. The average molecular weight is 429 g/mol. The molecule has 4 rings (SSSR count). The summed E-state index contributed by atoms with van der Waals surface area (Å²) >= 11 is 1.45. The van der Waals surface area contributed by atoms with Gasteiger partial charge in [0.2, 0.25) is 11.8 Å². The number of carbonyl (C=O) groups excluding carboxylic acids is 2. The quantitative estimate of drug-likeness (QED) is 0.682. The standard InChI is InChI=1S/C23H32N4O2S/c1-17-12-18(2)14-26(13-17)21(28)15-27-20-9-5-4-8-19(20)24-23(27)30-16-22(29)25-10-6-3-7-11-25/h4-5,8-9,17-18H,3,6-7,10-16H2,1-2H3. The zero-order chi connectivity index (χ0) is 21.1. The largest absolute Gasteiger partial charge is 0.342 e. The Bertz CT molecular complexity index is 896. The van der Waals surface area contributed by atoms with Crippen LogP contribution in [0.25, 0.3) is 11.0 Å². The van der Waals surface area contributed by atoms with Crippen LogP contribution in [-0.2, 0) is 16.1 Å². The molecule has 30 heavy (non-hydrogen) atoms. The maximum atomic E-state index is 13.1. The molecule has 6 nitrogen and oxygen atoms in total. The second kappa shape index (κ2) is 9.41. The predicted octanol–water partition coefficient (Wildman–Crippen LogP) is 3.65. The zero-order valence-electron chi connectivity index (χ0n) is 18.0. The summed E-state index contributed by atoms with van der Waals surface area (Å²) in [6, 6.07) is 7.91. The van der Waals surface area contributed by atoms with Gasteiger partial charge < -0.3 is 14.4 Å². The van der Waals surface area contributed by atoms with Gasteiger partial charge in [0.25, 0.3) is 0 Å². The van der Waals surface area contributed by atoms with E-state index in [0.717, 1.165) is 55.2 Å². The van der Waals surface area contributed by atoms with E-state index in [2.05, 4.69) is 13.8 Å². The number of piperidine rings is 2. The molecule has 2 fully saturated rings. The van der Waals surface area contributed by atoms with Crippen LogP contribution in [-0.4, -0.2) is 63.1 Å². The molecule has 2 unspecified atom stereocenters. The van der Waals surface area contributed by atoms with Crippen molar-refractivity contribution in [2.45, 2.75) is 51.2 Å². The molecule has 2 aliphatic rings. The number of thioether (sulfide) groups is 1. The smallest absolute Gasteiger partial charge is 0.242 e. The maximum absolute atomic E-state index is 13.1. The van der Waals surface area contributed by atoms with Crippen LogP contribution in [0.5, 0.6) is 0 Å². The highest BCUT2D eigenvalue weighted by Gasteiger charge is 2.27. The van der Waals surface area contributed by atoms with Crippen LogP contribution in [0.1, 0.15) is 39.5 Å². The minimum atomic E-state index is 0.140. The van der Waals surface area contributed by atoms with Crippen LogP contribution in [0.15, 0.2) is 29.4 Å². The molecule has 3 heterocycles. The first-order valence-corrected chi connectivity index (χ1v) is 12.1. The van der Waals surface area contributed by atoms with Crippen molar-refractivity contribution in [3.05, 3.63) is 24.3 Å². The van der Waals surface area contributed by atoms with E-state index in [1.165, 1.54) is 24.6 Å². The molecule has 1 aromatic carbocycles. The van der Waals surface area contributed by atoms with E-state index in [9.17, 15) is 9.59 Å². The molecular formula is C23H32N4O2S. The summed E-state index contributed by atoms with van der Waals surface area (Å²) in [5, 5.41) is 0.757. The highest BCUT2D eigenvalue weighted by molar-refractivity contribution is 7.99. The molecule has 0 bridgehead atoms. The van der Waals surface area contributed by atoms with Crippen molar-refractivity contribution in [1.82, 2.24) is 19.4 Å². The first-order valence-electron chi connectivity index (χ1n) is 11.1. The SMILES string of the molecule is CC1CC(C)CN(C(=O)Cn2c(SCC(=O)N3CCCCC3)nc3ccccc32)C1. The van der Waals surface area contributed by atoms with E-state index < -0.39 is 0 Å². The Hall–Kier alpha value is -2.02. The van der Waals surface area contributed by atoms with Crippen molar-refractivity contribution in [1.29, 1.82) is 0 Å². The van der Waals surface area contributed by atoms with Crippen molar-refractivity contribution in [3.8, 4) is 0 Å². The van der Waals surface area contributed by atoms with Gasteiger partial charge in [-0.3, -0.25) is 9.59 Å². The third-order valence-electron chi connectivity index (χ3n) is 6.17. The molecule has 2 saturated heterocycles. The Morgan fingerprint density at radius 1 is 1.00 bits per heavy atom. The molecule has 1 aromatic heterocycles. The van der Waals surface area contributed by atoms with Crippen LogP contribution in [0.4, 0.5) is 0 Å². The third-order valence-corrected chi connectivity index (χ3v) is 7.13. The number of aromatic nitrogens is 2. The molecule has 0 N–H and O–H groups in total. The number of benzene rings is 1. The van der Waals surface area contributed by atoms with Crippen molar-refractivity contribution < 1.29 is 9.59 Å². The Kier molecular flexibility index (Phi) is 6.66. The fourth-order valence-electron chi connectivity index (χ4n) is 4.78. The van der Waals surface area contributed by atoms with Gasteiger partial charge in [0.15, 0.2) is 5.16 Å². The summed E-state index contributed by atoms with van der Waals surface area (Å²) in [7, 11) is 0. The third kappa shape index (κ3) is 4.82. The number of likely N-dealkylation sites (tertiary alicyclic amines) is 2. The summed E-state index contributed by atoms with van der Waals surface area (Å²) in [5.41, 5.74) is 1.83. The van der Waals surface area contributed by atoms with E-state index in [1.54, 1.807) is 0 Å². The number of para-hydroxylation sites is 2. The van der Waals surface area contributed by atoms with Gasteiger partial charge >= 0.3 is 0 Å². The fourth-order valence-corrected chi connectivity index (χ4v) is 5.70. The molecular weight excluding hydrogens is 396 g/mol. The number of fused-ring (bicyclic) bond motifs is 1. The lowest BCUT2D eigenvalue weighted by Gasteiger charge is -2.35. The van der Waals surface area contributed by atoms with Gasteiger partial charge in [0, 0.05) is 26.2 Å². The minimum absolute atomic E-state index is 0.140. The van der Waals surface area contributed by atoms with Crippen LogP contribution in [0.2, 0.25) is 0 Å². The molecule has 0 radical (unpaired) electrons. The van der Waals surface area contributed by atoms with Gasteiger partial charge in [0.05, 0.1) is 16.8 Å². The number of imidazole rings is 1. The zero-order valence-corrected chi connectivity index (χ0v) is 18.9. The van der Waals surface area contributed by atoms with E-state index in [1.807, 2.05) is 38.6 Å². The highest BCUT2D eigenvalue weighted by atomic mass is 32.2.